The Morgan fingerprint density at radius 3 is 2.43 bits per heavy atom. The van der Waals surface area contributed by atoms with E-state index >= 15 is 0 Å². The fraction of sp³-hybridized carbons (Fsp3) is 0.682. The summed E-state index contributed by atoms with van der Waals surface area (Å²) < 4.78 is 14.2. The Hall–Kier alpha value is -1.90. The molecule has 7 nitrogen and oxygen atoms in total. The van der Waals surface area contributed by atoms with Crippen molar-refractivity contribution in [3.05, 3.63) is 23.5 Å². The van der Waals surface area contributed by atoms with E-state index in [1.165, 1.54) is 51.0 Å². The van der Waals surface area contributed by atoms with Crippen LogP contribution >= 0.6 is 0 Å². The van der Waals surface area contributed by atoms with E-state index in [1.807, 2.05) is 0 Å². The lowest BCUT2D eigenvalue weighted by atomic mass is 10.1. The van der Waals surface area contributed by atoms with Crippen LogP contribution in [0.25, 0.3) is 0 Å². The van der Waals surface area contributed by atoms with E-state index in [0.29, 0.717) is 12.1 Å². The van der Waals surface area contributed by atoms with Crippen LogP contribution in [0.2, 0.25) is 0 Å². The molecule has 0 aliphatic carbocycles. The van der Waals surface area contributed by atoms with Crippen molar-refractivity contribution in [3.8, 4) is 0 Å². The third-order valence-electron chi connectivity index (χ3n) is 7.09. The molecule has 0 spiro atoms. The molecule has 0 aromatic heterocycles. The van der Waals surface area contributed by atoms with Crippen LogP contribution in [-0.2, 0) is 0 Å². The molecular formula is C22H33FN6O. The van der Waals surface area contributed by atoms with Crippen molar-refractivity contribution in [1.82, 2.24) is 20.0 Å². The number of piperidine rings is 1. The molecule has 1 aromatic rings. The molecule has 1 aromatic carbocycles. The first-order valence-electron chi connectivity index (χ1n) is 11.5. The van der Waals surface area contributed by atoms with Crippen LogP contribution in [0.4, 0.5) is 15.8 Å². The number of likely N-dealkylation sites (tertiary alicyclic amines) is 1. The molecule has 0 radical (unpaired) electrons. The lowest BCUT2D eigenvalue weighted by Crippen LogP contribution is -2.60. The van der Waals surface area contributed by atoms with Crippen molar-refractivity contribution in [1.29, 1.82) is 0 Å². The highest BCUT2D eigenvalue weighted by molar-refractivity contribution is 6.04. The highest BCUT2D eigenvalue weighted by atomic mass is 19.1. The number of rotatable bonds is 4. The van der Waals surface area contributed by atoms with Gasteiger partial charge in [-0.25, -0.2) is 4.39 Å². The maximum Gasteiger partial charge on any atom is 0.253 e. The van der Waals surface area contributed by atoms with Gasteiger partial charge in [-0.1, -0.05) is 6.42 Å². The number of carbonyl (C=O) groups is 1. The standard InChI is InChI=1S/C22H33FN6O/c1-16-15-24-21(30)18-13-17(23)14-19-20(18)29(16)22(25-19)28-11-9-27(10-12-28)8-7-26-5-3-2-4-6-26/h13-14,16,22,25H,2-12,15H2,1H3,(H,24,30)/t16-,22?/m0/s1. The van der Waals surface area contributed by atoms with E-state index in [0.717, 1.165) is 44.1 Å². The maximum atomic E-state index is 14.2. The van der Waals surface area contributed by atoms with Crippen LogP contribution in [0.15, 0.2) is 12.1 Å². The molecule has 0 bridgehead atoms. The fourth-order valence-electron chi connectivity index (χ4n) is 5.35. The van der Waals surface area contributed by atoms with Crippen LogP contribution in [0.5, 0.6) is 0 Å². The molecule has 2 saturated heterocycles. The SMILES string of the molecule is C[C@H]1CNC(=O)c2cc(F)cc3c2N1C(N1CCN(CCN2CCCCC2)CC1)N3. The van der Waals surface area contributed by atoms with Crippen molar-refractivity contribution >= 4 is 17.3 Å². The van der Waals surface area contributed by atoms with Crippen LogP contribution < -0.4 is 15.5 Å². The zero-order valence-corrected chi connectivity index (χ0v) is 17.9. The summed E-state index contributed by atoms with van der Waals surface area (Å²) in [5.41, 5.74) is 2.01. The van der Waals surface area contributed by atoms with Gasteiger partial charge in [0, 0.05) is 51.9 Å². The second kappa shape index (κ2) is 8.32. The van der Waals surface area contributed by atoms with Gasteiger partial charge in [-0.05, 0) is 45.0 Å². The van der Waals surface area contributed by atoms with Crippen molar-refractivity contribution in [3.63, 3.8) is 0 Å². The Labute approximate surface area is 178 Å². The second-order valence-electron chi connectivity index (χ2n) is 9.11. The van der Waals surface area contributed by atoms with Gasteiger partial charge in [-0.2, -0.15) is 0 Å². The Morgan fingerprint density at radius 1 is 1.00 bits per heavy atom. The normalized spacial score (nSPS) is 28.1. The highest BCUT2D eigenvalue weighted by Gasteiger charge is 2.41. The van der Waals surface area contributed by atoms with E-state index < -0.39 is 0 Å². The van der Waals surface area contributed by atoms with E-state index in [2.05, 4.69) is 37.2 Å². The quantitative estimate of drug-likeness (QED) is 0.777. The number of amides is 1. The molecular weight excluding hydrogens is 383 g/mol. The zero-order chi connectivity index (χ0) is 20.7. The van der Waals surface area contributed by atoms with E-state index in [4.69, 9.17) is 0 Å². The van der Waals surface area contributed by atoms with E-state index in [1.54, 1.807) is 0 Å². The predicted molar refractivity (Wildman–Crippen MR) is 116 cm³/mol. The van der Waals surface area contributed by atoms with Gasteiger partial charge in [0.25, 0.3) is 5.91 Å². The van der Waals surface area contributed by atoms with Crippen molar-refractivity contribution in [2.24, 2.45) is 0 Å². The van der Waals surface area contributed by atoms with Crippen molar-refractivity contribution in [2.75, 3.05) is 69.1 Å². The van der Waals surface area contributed by atoms with Crippen LogP contribution in [0.1, 0.15) is 36.5 Å². The van der Waals surface area contributed by atoms with Crippen LogP contribution in [0.3, 0.4) is 0 Å². The fourth-order valence-corrected chi connectivity index (χ4v) is 5.35. The van der Waals surface area contributed by atoms with Gasteiger partial charge in [0.2, 0.25) is 0 Å². The Bertz CT molecular complexity index is 790. The molecule has 8 heteroatoms. The first-order chi connectivity index (χ1) is 14.6. The maximum absolute atomic E-state index is 14.2. The van der Waals surface area contributed by atoms with Crippen LogP contribution in [0, 0.1) is 5.82 Å². The third kappa shape index (κ3) is 3.76. The average molecular weight is 417 g/mol. The van der Waals surface area contributed by atoms with Crippen molar-refractivity contribution in [2.45, 2.75) is 38.5 Å². The molecule has 1 amide bonds. The van der Waals surface area contributed by atoms with Gasteiger partial charge in [-0.15, -0.1) is 0 Å². The minimum atomic E-state index is -0.371. The molecule has 4 aliphatic rings. The summed E-state index contributed by atoms with van der Waals surface area (Å²) in [5, 5.41) is 6.45. The molecule has 2 fully saturated rings. The largest absolute Gasteiger partial charge is 0.351 e. The summed E-state index contributed by atoms with van der Waals surface area (Å²) in [6, 6.07) is 3.02. The minimum Gasteiger partial charge on any atom is -0.351 e. The summed E-state index contributed by atoms with van der Waals surface area (Å²) >= 11 is 0. The molecule has 5 rings (SSSR count). The smallest absolute Gasteiger partial charge is 0.253 e. The molecule has 2 N–H and O–H groups in total. The molecule has 0 saturated carbocycles. The van der Waals surface area contributed by atoms with Crippen LogP contribution in [-0.4, -0.2) is 91.8 Å². The summed E-state index contributed by atoms with van der Waals surface area (Å²) in [6.07, 6.45) is 4.03. The Balaban J connectivity index is 1.25. The number of carbonyl (C=O) groups excluding carboxylic acids is 1. The average Bonchev–Trinajstić information content (AvgIpc) is 3.10. The van der Waals surface area contributed by atoms with Gasteiger partial charge in [0.15, 0.2) is 6.29 Å². The monoisotopic (exact) mass is 416 g/mol. The van der Waals surface area contributed by atoms with Crippen molar-refractivity contribution < 1.29 is 9.18 Å². The molecule has 2 atom stereocenters. The van der Waals surface area contributed by atoms with Gasteiger partial charge >= 0.3 is 0 Å². The number of nitrogens with zero attached hydrogens (tertiary/aromatic N) is 4. The number of piperazine rings is 1. The lowest BCUT2D eigenvalue weighted by Gasteiger charge is -2.43. The molecule has 4 aliphatic heterocycles. The highest BCUT2D eigenvalue weighted by Crippen LogP contribution is 2.41. The van der Waals surface area contributed by atoms with Gasteiger partial charge in [-0.3, -0.25) is 14.6 Å². The first-order valence-corrected chi connectivity index (χ1v) is 11.5. The first kappa shape index (κ1) is 20.0. The Kier molecular flexibility index (Phi) is 5.56. The molecule has 30 heavy (non-hydrogen) atoms. The molecule has 1 unspecified atom stereocenters. The number of hydrogen-bond acceptors (Lipinski definition) is 6. The zero-order valence-electron chi connectivity index (χ0n) is 17.9. The van der Waals surface area contributed by atoms with E-state index in [9.17, 15) is 9.18 Å². The summed E-state index contributed by atoms with van der Waals surface area (Å²) in [4.78, 5) is 22.4. The summed E-state index contributed by atoms with van der Waals surface area (Å²) in [6.45, 7) is 11.5. The summed E-state index contributed by atoms with van der Waals surface area (Å²) in [7, 11) is 0. The van der Waals surface area contributed by atoms with Gasteiger partial charge < -0.3 is 20.4 Å². The lowest BCUT2D eigenvalue weighted by molar-refractivity contribution is 0.0909. The summed E-state index contributed by atoms with van der Waals surface area (Å²) in [5.74, 6) is -0.561. The predicted octanol–water partition coefficient (Wildman–Crippen LogP) is 1.58. The van der Waals surface area contributed by atoms with E-state index in [-0.39, 0.29) is 24.1 Å². The minimum absolute atomic E-state index is 0.0347. The van der Waals surface area contributed by atoms with Gasteiger partial charge in [0.1, 0.15) is 5.82 Å². The number of nitrogens with one attached hydrogen (secondary N) is 2. The Morgan fingerprint density at radius 2 is 1.70 bits per heavy atom. The topological polar surface area (TPSA) is 54.1 Å². The number of anilines is 2. The third-order valence-corrected chi connectivity index (χ3v) is 7.09. The number of benzene rings is 1. The second-order valence-corrected chi connectivity index (χ2v) is 9.11. The van der Waals surface area contributed by atoms with Gasteiger partial charge in [0.05, 0.1) is 16.9 Å². The molecule has 164 valence electrons. The molecule has 4 heterocycles. The number of halogens is 1. The number of hydrogen-bond donors (Lipinski definition) is 2.